The number of aromatic nitrogens is 1. The van der Waals surface area contributed by atoms with E-state index in [9.17, 15) is 4.79 Å². The maximum absolute atomic E-state index is 12.6. The maximum Gasteiger partial charge on any atom is 0.264 e. The molecule has 3 rings (SSSR count). The molecule has 2 aromatic rings. The molecule has 0 aromatic carbocycles. The van der Waals surface area contributed by atoms with Gasteiger partial charge in [-0.15, -0.1) is 11.3 Å². The quantitative estimate of drug-likeness (QED) is 0.868. The van der Waals surface area contributed by atoms with Gasteiger partial charge in [0.15, 0.2) is 0 Å². The van der Waals surface area contributed by atoms with Crippen LogP contribution < -0.4 is 0 Å². The number of hydrogen-bond acceptors (Lipinski definition) is 3. The van der Waals surface area contributed by atoms with Crippen molar-refractivity contribution in [3.05, 3.63) is 52.0 Å². The highest BCUT2D eigenvalue weighted by Gasteiger charge is 2.26. The summed E-state index contributed by atoms with van der Waals surface area (Å²) in [5.74, 6) is 0.728. The molecule has 110 valence electrons. The van der Waals surface area contributed by atoms with Crippen molar-refractivity contribution in [2.75, 3.05) is 13.1 Å². The van der Waals surface area contributed by atoms with Gasteiger partial charge in [0.2, 0.25) is 0 Å². The zero-order chi connectivity index (χ0) is 14.7. The van der Waals surface area contributed by atoms with Crippen LogP contribution in [-0.2, 0) is 6.42 Å². The molecular formula is C17H20N2OS. The summed E-state index contributed by atoms with van der Waals surface area (Å²) < 4.78 is 0. The van der Waals surface area contributed by atoms with Gasteiger partial charge in [-0.1, -0.05) is 6.07 Å². The summed E-state index contributed by atoms with van der Waals surface area (Å²) in [5, 5.41) is 2.00. The standard InChI is InChI=1S/C17H20N2OS/c1-13-7-10-21-16(13)17(20)19-9-4-5-14(12-19)11-15-6-2-3-8-18-15/h2-3,6-8,10,14H,4-5,9,11-12H2,1H3. The second-order valence-electron chi connectivity index (χ2n) is 5.72. The third kappa shape index (κ3) is 3.32. The van der Waals surface area contributed by atoms with Crippen molar-refractivity contribution in [1.82, 2.24) is 9.88 Å². The molecule has 3 nitrogen and oxygen atoms in total. The number of rotatable bonds is 3. The van der Waals surface area contributed by atoms with Crippen LogP contribution in [0.1, 0.15) is 33.8 Å². The highest BCUT2D eigenvalue weighted by Crippen LogP contribution is 2.24. The minimum absolute atomic E-state index is 0.202. The van der Waals surface area contributed by atoms with Crippen molar-refractivity contribution in [1.29, 1.82) is 0 Å². The summed E-state index contributed by atoms with van der Waals surface area (Å²) in [6.45, 7) is 3.75. The fourth-order valence-electron chi connectivity index (χ4n) is 2.97. The SMILES string of the molecule is Cc1ccsc1C(=O)N1CCCC(Cc2ccccn2)C1. The Kier molecular flexibility index (Phi) is 4.34. The van der Waals surface area contributed by atoms with E-state index in [0.29, 0.717) is 5.92 Å². The Balaban J connectivity index is 1.66. The van der Waals surface area contributed by atoms with Gasteiger partial charge in [0.05, 0.1) is 4.88 Å². The van der Waals surface area contributed by atoms with Crippen LogP contribution in [0, 0.1) is 12.8 Å². The molecule has 3 heterocycles. The first-order valence-corrected chi connectivity index (χ1v) is 8.35. The van der Waals surface area contributed by atoms with Gasteiger partial charge < -0.3 is 4.90 Å². The monoisotopic (exact) mass is 300 g/mol. The van der Waals surface area contributed by atoms with Crippen molar-refractivity contribution >= 4 is 17.2 Å². The summed E-state index contributed by atoms with van der Waals surface area (Å²) in [5.41, 5.74) is 2.22. The van der Waals surface area contributed by atoms with Crippen LogP contribution in [-0.4, -0.2) is 28.9 Å². The third-order valence-electron chi connectivity index (χ3n) is 4.09. The maximum atomic E-state index is 12.6. The van der Waals surface area contributed by atoms with Gasteiger partial charge in [-0.25, -0.2) is 0 Å². The van der Waals surface area contributed by atoms with Gasteiger partial charge >= 0.3 is 0 Å². The van der Waals surface area contributed by atoms with Gasteiger partial charge in [0.1, 0.15) is 0 Å². The molecule has 0 spiro atoms. The smallest absolute Gasteiger partial charge is 0.264 e. The van der Waals surface area contributed by atoms with Crippen LogP contribution in [0.4, 0.5) is 0 Å². The lowest BCUT2D eigenvalue weighted by molar-refractivity contribution is 0.0677. The predicted molar refractivity (Wildman–Crippen MR) is 85.6 cm³/mol. The van der Waals surface area contributed by atoms with Crippen LogP contribution in [0.5, 0.6) is 0 Å². The van der Waals surface area contributed by atoms with E-state index in [2.05, 4.69) is 11.1 Å². The predicted octanol–water partition coefficient (Wildman–Crippen LogP) is 3.55. The van der Waals surface area contributed by atoms with Gasteiger partial charge in [-0.3, -0.25) is 9.78 Å². The first-order chi connectivity index (χ1) is 10.2. The molecule has 0 saturated carbocycles. The minimum atomic E-state index is 0.202. The Morgan fingerprint density at radius 1 is 1.43 bits per heavy atom. The molecule has 1 fully saturated rings. The Morgan fingerprint density at radius 3 is 3.05 bits per heavy atom. The lowest BCUT2D eigenvalue weighted by Gasteiger charge is -2.32. The third-order valence-corrected chi connectivity index (χ3v) is 5.09. The van der Waals surface area contributed by atoms with Crippen LogP contribution in [0.15, 0.2) is 35.8 Å². The van der Waals surface area contributed by atoms with E-state index >= 15 is 0 Å². The first-order valence-electron chi connectivity index (χ1n) is 7.47. The summed E-state index contributed by atoms with van der Waals surface area (Å²) in [6, 6.07) is 8.07. The normalized spacial score (nSPS) is 18.7. The average molecular weight is 300 g/mol. The molecule has 4 heteroatoms. The van der Waals surface area contributed by atoms with E-state index in [0.717, 1.165) is 42.1 Å². The number of carbonyl (C=O) groups excluding carboxylic acids is 1. The summed E-state index contributed by atoms with van der Waals surface area (Å²) >= 11 is 1.55. The second-order valence-corrected chi connectivity index (χ2v) is 6.63. The number of piperidine rings is 1. The molecule has 1 aliphatic heterocycles. The molecule has 1 saturated heterocycles. The van der Waals surface area contributed by atoms with Gasteiger partial charge in [0, 0.05) is 25.0 Å². The number of nitrogens with zero attached hydrogens (tertiary/aromatic N) is 2. The van der Waals surface area contributed by atoms with E-state index in [1.165, 1.54) is 6.42 Å². The van der Waals surface area contributed by atoms with Gasteiger partial charge in [-0.05, 0) is 61.2 Å². The van der Waals surface area contributed by atoms with E-state index in [4.69, 9.17) is 0 Å². The summed E-state index contributed by atoms with van der Waals surface area (Å²) in [6.07, 6.45) is 5.08. The number of likely N-dealkylation sites (tertiary alicyclic amines) is 1. The number of pyridine rings is 1. The number of hydrogen-bond donors (Lipinski definition) is 0. The van der Waals surface area contributed by atoms with Crippen LogP contribution in [0.3, 0.4) is 0 Å². The lowest BCUT2D eigenvalue weighted by atomic mass is 9.93. The highest BCUT2D eigenvalue weighted by atomic mass is 32.1. The molecular weight excluding hydrogens is 280 g/mol. The molecule has 1 unspecified atom stereocenters. The molecule has 0 bridgehead atoms. The Bertz CT molecular complexity index is 608. The number of thiophene rings is 1. The zero-order valence-corrected chi connectivity index (χ0v) is 13.1. The molecule has 21 heavy (non-hydrogen) atoms. The van der Waals surface area contributed by atoms with Gasteiger partial charge in [0.25, 0.3) is 5.91 Å². The van der Waals surface area contributed by atoms with Crippen molar-refractivity contribution in [2.24, 2.45) is 5.92 Å². The van der Waals surface area contributed by atoms with E-state index in [1.807, 2.05) is 41.6 Å². The van der Waals surface area contributed by atoms with E-state index in [-0.39, 0.29) is 5.91 Å². The molecule has 0 aliphatic carbocycles. The second kappa shape index (κ2) is 6.39. The van der Waals surface area contributed by atoms with Crippen LogP contribution in [0.2, 0.25) is 0 Å². The lowest BCUT2D eigenvalue weighted by Crippen LogP contribution is -2.40. The van der Waals surface area contributed by atoms with Crippen molar-refractivity contribution in [3.8, 4) is 0 Å². The van der Waals surface area contributed by atoms with Crippen molar-refractivity contribution < 1.29 is 4.79 Å². The number of carbonyl (C=O) groups is 1. The fourth-order valence-corrected chi connectivity index (χ4v) is 3.86. The highest BCUT2D eigenvalue weighted by molar-refractivity contribution is 7.12. The van der Waals surface area contributed by atoms with Crippen molar-refractivity contribution in [2.45, 2.75) is 26.2 Å². The molecule has 0 radical (unpaired) electrons. The van der Waals surface area contributed by atoms with Gasteiger partial charge in [-0.2, -0.15) is 0 Å². The van der Waals surface area contributed by atoms with Crippen molar-refractivity contribution in [3.63, 3.8) is 0 Å². The number of amides is 1. The Hall–Kier alpha value is -1.68. The molecule has 1 amide bonds. The number of aryl methyl sites for hydroxylation is 1. The van der Waals surface area contributed by atoms with Crippen LogP contribution >= 0.6 is 11.3 Å². The van der Waals surface area contributed by atoms with Crippen LogP contribution in [0.25, 0.3) is 0 Å². The molecule has 1 atom stereocenters. The largest absolute Gasteiger partial charge is 0.338 e. The average Bonchev–Trinajstić information content (AvgIpc) is 2.94. The van der Waals surface area contributed by atoms with E-state index < -0.39 is 0 Å². The molecule has 2 aromatic heterocycles. The minimum Gasteiger partial charge on any atom is -0.338 e. The molecule has 0 N–H and O–H groups in total. The topological polar surface area (TPSA) is 33.2 Å². The zero-order valence-electron chi connectivity index (χ0n) is 12.3. The molecule has 1 aliphatic rings. The summed E-state index contributed by atoms with van der Waals surface area (Å²) in [7, 11) is 0. The Labute approximate surface area is 129 Å². The summed E-state index contributed by atoms with van der Waals surface area (Å²) in [4.78, 5) is 19.9. The first kappa shape index (κ1) is 14.3. The Morgan fingerprint density at radius 2 is 2.33 bits per heavy atom. The fraction of sp³-hybridized carbons (Fsp3) is 0.412. The van der Waals surface area contributed by atoms with E-state index in [1.54, 1.807) is 11.3 Å².